The fourth-order valence-electron chi connectivity index (χ4n) is 1.77. The number of phenolic OH excluding ortho intramolecular Hbond substituents is 2. The van der Waals surface area contributed by atoms with Crippen molar-refractivity contribution < 1.29 is 14.9 Å². The van der Waals surface area contributed by atoms with Gasteiger partial charge < -0.3 is 14.9 Å². The Morgan fingerprint density at radius 2 is 1.88 bits per heavy atom. The number of hydrogen-bond donors (Lipinski definition) is 2. The number of rotatable bonds is 6. The minimum atomic E-state index is -0.157. The summed E-state index contributed by atoms with van der Waals surface area (Å²) < 4.78 is 5.10. The van der Waals surface area contributed by atoms with E-state index in [9.17, 15) is 10.2 Å². The van der Waals surface area contributed by atoms with E-state index in [4.69, 9.17) is 4.74 Å². The molecule has 0 heterocycles. The average molecular weight is 224 g/mol. The number of methoxy groups -OCH3 is 1. The molecule has 0 saturated heterocycles. The Labute approximate surface area is 96.7 Å². The maximum Gasteiger partial charge on any atom is 0.200 e. The summed E-state index contributed by atoms with van der Waals surface area (Å²) in [6.07, 6.45) is 5.57. The van der Waals surface area contributed by atoms with Gasteiger partial charge in [-0.05, 0) is 24.5 Å². The Hall–Kier alpha value is -1.38. The first-order chi connectivity index (χ1) is 7.70. The van der Waals surface area contributed by atoms with Crippen LogP contribution in [0.3, 0.4) is 0 Å². The Kier molecular flexibility index (Phi) is 4.96. The van der Waals surface area contributed by atoms with Gasteiger partial charge in [0.15, 0.2) is 11.5 Å². The highest BCUT2D eigenvalue weighted by molar-refractivity contribution is 5.54. The molecule has 0 aliphatic heterocycles. The van der Waals surface area contributed by atoms with Gasteiger partial charge in [0.2, 0.25) is 5.75 Å². The summed E-state index contributed by atoms with van der Waals surface area (Å²) >= 11 is 0. The molecule has 0 aliphatic carbocycles. The second-order valence-corrected chi connectivity index (χ2v) is 3.94. The van der Waals surface area contributed by atoms with E-state index < -0.39 is 0 Å². The molecule has 1 rings (SSSR count). The van der Waals surface area contributed by atoms with E-state index in [0.717, 1.165) is 18.4 Å². The number of hydrogen-bond acceptors (Lipinski definition) is 3. The van der Waals surface area contributed by atoms with E-state index in [2.05, 4.69) is 6.92 Å². The molecule has 2 N–H and O–H groups in total. The first-order valence-corrected chi connectivity index (χ1v) is 5.78. The van der Waals surface area contributed by atoms with Crippen molar-refractivity contribution in [1.29, 1.82) is 0 Å². The fraction of sp³-hybridized carbons (Fsp3) is 0.538. The molecule has 1 aromatic rings. The van der Waals surface area contributed by atoms with Crippen molar-refractivity contribution >= 4 is 0 Å². The predicted molar refractivity (Wildman–Crippen MR) is 64.2 cm³/mol. The lowest BCUT2D eigenvalue weighted by atomic mass is 10.0. The molecule has 3 heteroatoms. The smallest absolute Gasteiger partial charge is 0.200 e. The number of unbranched alkanes of at least 4 members (excludes halogenated alkanes) is 3. The van der Waals surface area contributed by atoms with E-state index in [1.165, 1.54) is 32.4 Å². The summed E-state index contributed by atoms with van der Waals surface area (Å²) in [7, 11) is 1.50. The molecule has 3 nitrogen and oxygen atoms in total. The van der Waals surface area contributed by atoms with Crippen molar-refractivity contribution in [3.05, 3.63) is 17.7 Å². The molecule has 0 amide bonds. The predicted octanol–water partition coefficient (Wildman–Crippen LogP) is 3.23. The molecule has 0 atom stereocenters. The SMILES string of the molecule is CCCCCCc1ccc(O)c(O)c1OC. The zero-order valence-electron chi connectivity index (χ0n) is 9.99. The van der Waals surface area contributed by atoms with Crippen LogP contribution in [-0.2, 0) is 6.42 Å². The van der Waals surface area contributed by atoms with Crippen LogP contribution in [0, 0.1) is 0 Å². The minimum Gasteiger partial charge on any atom is -0.504 e. The summed E-state index contributed by atoms with van der Waals surface area (Å²) in [5.74, 6) is 0.112. The first-order valence-electron chi connectivity index (χ1n) is 5.78. The Morgan fingerprint density at radius 1 is 1.12 bits per heavy atom. The van der Waals surface area contributed by atoms with Gasteiger partial charge in [0, 0.05) is 0 Å². The quantitative estimate of drug-likeness (QED) is 0.576. The van der Waals surface area contributed by atoms with Gasteiger partial charge in [-0.1, -0.05) is 32.3 Å². The molecule has 0 bridgehead atoms. The topological polar surface area (TPSA) is 49.7 Å². The van der Waals surface area contributed by atoms with Gasteiger partial charge in [-0.2, -0.15) is 0 Å². The molecule has 0 aromatic heterocycles. The first kappa shape index (κ1) is 12.7. The summed E-state index contributed by atoms with van der Waals surface area (Å²) in [6.45, 7) is 2.17. The van der Waals surface area contributed by atoms with Crippen molar-refractivity contribution in [2.45, 2.75) is 39.0 Å². The Bertz CT molecular complexity index is 334. The van der Waals surface area contributed by atoms with Gasteiger partial charge in [-0.15, -0.1) is 0 Å². The van der Waals surface area contributed by atoms with Gasteiger partial charge >= 0.3 is 0 Å². The van der Waals surface area contributed by atoms with Crippen LogP contribution in [0.25, 0.3) is 0 Å². The highest BCUT2D eigenvalue weighted by atomic mass is 16.5. The van der Waals surface area contributed by atoms with Gasteiger partial charge in [0.25, 0.3) is 0 Å². The van der Waals surface area contributed by atoms with E-state index in [-0.39, 0.29) is 11.5 Å². The third kappa shape index (κ3) is 3.05. The second-order valence-electron chi connectivity index (χ2n) is 3.94. The molecule has 16 heavy (non-hydrogen) atoms. The normalized spacial score (nSPS) is 10.4. The molecular weight excluding hydrogens is 204 g/mol. The number of aryl methyl sites for hydroxylation is 1. The van der Waals surface area contributed by atoms with Crippen molar-refractivity contribution in [2.75, 3.05) is 7.11 Å². The van der Waals surface area contributed by atoms with Crippen LogP contribution in [-0.4, -0.2) is 17.3 Å². The third-order valence-electron chi connectivity index (χ3n) is 2.70. The maximum absolute atomic E-state index is 9.61. The molecule has 0 aliphatic rings. The standard InChI is InChI=1S/C13H20O3/c1-3-4-5-6-7-10-8-9-11(14)12(15)13(10)16-2/h8-9,14-15H,3-7H2,1-2H3. The maximum atomic E-state index is 9.61. The van der Waals surface area contributed by atoms with E-state index in [0.29, 0.717) is 5.75 Å². The van der Waals surface area contributed by atoms with E-state index >= 15 is 0 Å². The highest BCUT2D eigenvalue weighted by Crippen LogP contribution is 2.38. The largest absolute Gasteiger partial charge is 0.504 e. The molecule has 0 saturated carbocycles. The van der Waals surface area contributed by atoms with Crippen LogP contribution < -0.4 is 4.74 Å². The summed E-state index contributed by atoms with van der Waals surface area (Å²) in [4.78, 5) is 0. The van der Waals surface area contributed by atoms with Gasteiger partial charge in [0.05, 0.1) is 7.11 Å². The van der Waals surface area contributed by atoms with Crippen LogP contribution >= 0.6 is 0 Å². The summed E-state index contributed by atoms with van der Waals surface area (Å²) in [5.41, 5.74) is 0.953. The molecule has 1 aromatic carbocycles. The van der Waals surface area contributed by atoms with E-state index in [1.54, 1.807) is 6.07 Å². The third-order valence-corrected chi connectivity index (χ3v) is 2.70. The molecule has 0 unspecified atom stereocenters. The number of phenols is 2. The van der Waals surface area contributed by atoms with Gasteiger partial charge in [-0.3, -0.25) is 0 Å². The zero-order valence-corrected chi connectivity index (χ0v) is 9.99. The Balaban J connectivity index is 2.68. The van der Waals surface area contributed by atoms with E-state index in [1.807, 2.05) is 0 Å². The fourth-order valence-corrected chi connectivity index (χ4v) is 1.77. The van der Waals surface area contributed by atoms with Crippen molar-refractivity contribution in [3.63, 3.8) is 0 Å². The molecule has 0 radical (unpaired) electrons. The van der Waals surface area contributed by atoms with Crippen molar-refractivity contribution in [3.8, 4) is 17.2 Å². The van der Waals surface area contributed by atoms with Crippen molar-refractivity contribution in [2.24, 2.45) is 0 Å². The second kappa shape index (κ2) is 6.26. The minimum absolute atomic E-state index is 0.130. The van der Waals surface area contributed by atoms with Crippen LogP contribution in [0.1, 0.15) is 38.2 Å². The molecule has 0 spiro atoms. The van der Waals surface area contributed by atoms with Crippen LogP contribution in [0.5, 0.6) is 17.2 Å². The lowest BCUT2D eigenvalue weighted by Gasteiger charge is -2.11. The lowest BCUT2D eigenvalue weighted by molar-refractivity contribution is 0.347. The average Bonchev–Trinajstić information content (AvgIpc) is 2.29. The zero-order chi connectivity index (χ0) is 12.0. The number of benzene rings is 1. The van der Waals surface area contributed by atoms with Crippen LogP contribution in [0.4, 0.5) is 0 Å². The van der Waals surface area contributed by atoms with Crippen LogP contribution in [0.2, 0.25) is 0 Å². The summed E-state index contributed by atoms with van der Waals surface area (Å²) in [5, 5.41) is 18.9. The lowest BCUT2D eigenvalue weighted by Crippen LogP contribution is -1.93. The molecule has 90 valence electrons. The molecular formula is C13H20O3. The van der Waals surface area contributed by atoms with Gasteiger partial charge in [0.1, 0.15) is 0 Å². The van der Waals surface area contributed by atoms with Gasteiger partial charge in [-0.25, -0.2) is 0 Å². The van der Waals surface area contributed by atoms with Crippen molar-refractivity contribution in [1.82, 2.24) is 0 Å². The number of ether oxygens (including phenoxy) is 1. The monoisotopic (exact) mass is 224 g/mol. The molecule has 0 fully saturated rings. The number of aromatic hydroxyl groups is 2. The Morgan fingerprint density at radius 3 is 2.50 bits per heavy atom. The van der Waals surface area contributed by atoms with Crippen LogP contribution in [0.15, 0.2) is 12.1 Å². The highest BCUT2D eigenvalue weighted by Gasteiger charge is 2.12. The summed E-state index contributed by atoms with van der Waals surface area (Å²) in [6, 6.07) is 3.31.